The summed E-state index contributed by atoms with van der Waals surface area (Å²) >= 11 is 0. The molecule has 1 aromatic heterocycles. The first kappa shape index (κ1) is 13.0. The molecule has 0 radical (unpaired) electrons. The van der Waals surface area contributed by atoms with E-state index < -0.39 is 36.8 Å². The molecule has 0 atom stereocenters. The Morgan fingerprint density at radius 2 is 2.12 bits per heavy atom. The molecule has 92 valence electrons. The van der Waals surface area contributed by atoms with Gasteiger partial charge >= 0.3 is 6.36 Å². The maximum Gasteiger partial charge on any atom is 0.574 e. The first-order valence-corrected chi connectivity index (χ1v) is 4.27. The fourth-order valence-electron chi connectivity index (χ4n) is 1.07. The van der Waals surface area contributed by atoms with Crippen molar-refractivity contribution in [1.82, 2.24) is 4.98 Å². The van der Waals surface area contributed by atoms with Crippen molar-refractivity contribution in [3.63, 3.8) is 0 Å². The van der Waals surface area contributed by atoms with Crippen molar-refractivity contribution >= 4 is 0 Å². The van der Waals surface area contributed by atoms with E-state index in [0.717, 1.165) is 6.07 Å². The fourth-order valence-corrected chi connectivity index (χ4v) is 1.07. The number of nitriles is 1. The second-order valence-corrected chi connectivity index (χ2v) is 2.93. The molecule has 0 bridgehead atoms. The first-order valence-electron chi connectivity index (χ1n) is 4.27. The standard InChI is InChI=1S/C9H6F4N2O2/c10-4-6-7(16)3-5(1-2-14)8(15-6)17-9(11,12)13/h3,16H,1,4H2. The molecule has 0 amide bonds. The van der Waals surface area contributed by atoms with Gasteiger partial charge in [-0.25, -0.2) is 9.37 Å². The van der Waals surface area contributed by atoms with Crippen molar-refractivity contribution in [1.29, 1.82) is 5.26 Å². The molecule has 1 heterocycles. The number of pyridine rings is 1. The molecule has 1 N–H and O–H groups in total. The number of hydrogen-bond donors (Lipinski definition) is 1. The van der Waals surface area contributed by atoms with E-state index in [0.29, 0.717) is 0 Å². The molecule has 0 unspecified atom stereocenters. The third-order valence-electron chi connectivity index (χ3n) is 1.73. The predicted octanol–water partition coefficient (Wildman–Crippen LogP) is 2.22. The number of aromatic hydroxyl groups is 1. The van der Waals surface area contributed by atoms with Crippen molar-refractivity contribution in [2.45, 2.75) is 19.5 Å². The van der Waals surface area contributed by atoms with Gasteiger partial charge in [0, 0.05) is 5.56 Å². The van der Waals surface area contributed by atoms with Crippen LogP contribution in [0.2, 0.25) is 0 Å². The lowest BCUT2D eigenvalue weighted by molar-refractivity contribution is -0.276. The lowest BCUT2D eigenvalue weighted by Crippen LogP contribution is -2.19. The first-order chi connectivity index (χ1) is 7.87. The molecule has 1 rings (SSSR count). The van der Waals surface area contributed by atoms with Gasteiger partial charge in [-0.15, -0.1) is 13.2 Å². The molecular formula is C9H6F4N2O2. The molecule has 0 aromatic carbocycles. The van der Waals surface area contributed by atoms with E-state index in [9.17, 15) is 22.7 Å². The van der Waals surface area contributed by atoms with E-state index in [-0.39, 0.29) is 5.56 Å². The highest BCUT2D eigenvalue weighted by atomic mass is 19.4. The maximum atomic E-state index is 12.3. The van der Waals surface area contributed by atoms with Crippen LogP contribution in [0, 0.1) is 11.3 Å². The zero-order valence-electron chi connectivity index (χ0n) is 8.25. The molecule has 0 saturated heterocycles. The fraction of sp³-hybridized carbons (Fsp3) is 0.333. The normalized spacial score (nSPS) is 11.0. The van der Waals surface area contributed by atoms with Crippen LogP contribution < -0.4 is 4.74 Å². The summed E-state index contributed by atoms with van der Waals surface area (Å²) in [5.74, 6) is -1.54. The Kier molecular flexibility index (Phi) is 3.73. The number of alkyl halides is 4. The molecule has 0 aliphatic heterocycles. The van der Waals surface area contributed by atoms with Gasteiger partial charge in [-0.2, -0.15) is 5.26 Å². The Labute approximate surface area is 93.1 Å². The van der Waals surface area contributed by atoms with Crippen LogP contribution in [0.3, 0.4) is 0 Å². The van der Waals surface area contributed by atoms with E-state index in [4.69, 9.17) is 5.26 Å². The van der Waals surface area contributed by atoms with Crippen LogP contribution in [0.1, 0.15) is 11.3 Å². The average Bonchev–Trinajstić information content (AvgIpc) is 2.20. The number of rotatable bonds is 3. The highest BCUT2D eigenvalue weighted by Crippen LogP contribution is 2.29. The molecule has 0 aliphatic rings. The molecule has 8 heteroatoms. The van der Waals surface area contributed by atoms with Gasteiger partial charge in [-0.3, -0.25) is 0 Å². The Hall–Kier alpha value is -2.04. The van der Waals surface area contributed by atoms with Gasteiger partial charge < -0.3 is 9.84 Å². The van der Waals surface area contributed by atoms with Crippen LogP contribution in [0.25, 0.3) is 0 Å². The zero-order chi connectivity index (χ0) is 13.1. The van der Waals surface area contributed by atoms with Crippen molar-refractivity contribution in [3.8, 4) is 17.7 Å². The SMILES string of the molecule is N#CCc1cc(O)c(CF)nc1OC(F)(F)F. The van der Waals surface area contributed by atoms with E-state index in [1.165, 1.54) is 0 Å². The number of nitrogens with zero attached hydrogens (tertiary/aromatic N) is 2. The zero-order valence-corrected chi connectivity index (χ0v) is 8.25. The summed E-state index contributed by atoms with van der Waals surface area (Å²) in [4.78, 5) is 3.18. The molecule has 0 fully saturated rings. The van der Waals surface area contributed by atoms with E-state index in [1.54, 1.807) is 6.07 Å². The minimum absolute atomic E-state index is 0.264. The summed E-state index contributed by atoms with van der Waals surface area (Å²) in [5, 5.41) is 17.6. The van der Waals surface area contributed by atoms with Crippen LogP contribution >= 0.6 is 0 Å². The number of aromatic nitrogens is 1. The molecule has 0 saturated carbocycles. The Morgan fingerprint density at radius 3 is 2.59 bits per heavy atom. The van der Waals surface area contributed by atoms with Gasteiger partial charge in [0.15, 0.2) is 0 Å². The van der Waals surface area contributed by atoms with Crippen molar-refractivity contribution in [3.05, 3.63) is 17.3 Å². The Bertz CT molecular complexity index is 454. The smallest absolute Gasteiger partial charge is 0.506 e. The molecule has 4 nitrogen and oxygen atoms in total. The molecule has 1 aromatic rings. The lowest BCUT2D eigenvalue weighted by atomic mass is 10.2. The Balaban J connectivity index is 3.20. The second-order valence-electron chi connectivity index (χ2n) is 2.93. The summed E-state index contributed by atoms with van der Waals surface area (Å²) in [5.41, 5.74) is -0.842. The monoisotopic (exact) mass is 250 g/mol. The van der Waals surface area contributed by atoms with Gasteiger partial charge in [0.25, 0.3) is 0 Å². The van der Waals surface area contributed by atoms with Gasteiger partial charge in [0.1, 0.15) is 18.1 Å². The highest BCUT2D eigenvalue weighted by molar-refractivity contribution is 5.39. The van der Waals surface area contributed by atoms with Gasteiger partial charge in [-0.1, -0.05) is 0 Å². The molecular weight excluding hydrogens is 244 g/mol. The summed E-state index contributed by atoms with van der Waals surface area (Å²) < 4.78 is 51.8. The van der Waals surface area contributed by atoms with E-state index in [1.807, 2.05) is 0 Å². The van der Waals surface area contributed by atoms with Gasteiger partial charge in [0.2, 0.25) is 5.88 Å². The number of ether oxygens (including phenoxy) is 1. The number of halogens is 4. The van der Waals surface area contributed by atoms with Crippen LogP contribution in [-0.2, 0) is 13.1 Å². The minimum Gasteiger partial charge on any atom is -0.506 e. The topological polar surface area (TPSA) is 66.1 Å². The van der Waals surface area contributed by atoms with Crippen molar-refractivity contribution < 1.29 is 27.4 Å². The third-order valence-corrected chi connectivity index (χ3v) is 1.73. The average molecular weight is 250 g/mol. The lowest BCUT2D eigenvalue weighted by Gasteiger charge is -2.12. The Morgan fingerprint density at radius 1 is 1.47 bits per heavy atom. The van der Waals surface area contributed by atoms with Gasteiger partial charge in [0.05, 0.1) is 12.5 Å². The summed E-state index contributed by atoms with van der Waals surface area (Å²) in [6, 6.07) is 2.41. The predicted molar refractivity (Wildman–Crippen MR) is 46.7 cm³/mol. The van der Waals surface area contributed by atoms with E-state index in [2.05, 4.69) is 9.72 Å². The second kappa shape index (κ2) is 4.86. The summed E-state index contributed by atoms with van der Waals surface area (Å²) in [6.07, 6.45) is -5.44. The summed E-state index contributed by atoms with van der Waals surface area (Å²) in [6.45, 7) is -1.24. The largest absolute Gasteiger partial charge is 0.574 e. The van der Waals surface area contributed by atoms with Crippen LogP contribution in [-0.4, -0.2) is 16.5 Å². The highest BCUT2D eigenvalue weighted by Gasteiger charge is 2.33. The molecule has 17 heavy (non-hydrogen) atoms. The minimum atomic E-state index is -5.00. The van der Waals surface area contributed by atoms with Crippen LogP contribution in [0.15, 0.2) is 6.07 Å². The number of hydrogen-bond acceptors (Lipinski definition) is 4. The summed E-state index contributed by atoms with van der Waals surface area (Å²) in [7, 11) is 0. The third kappa shape index (κ3) is 3.48. The van der Waals surface area contributed by atoms with E-state index >= 15 is 0 Å². The quantitative estimate of drug-likeness (QED) is 0.835. The van der Waals surface area contributed by atoms with Crippen molar-refractivity contribution in [2.75, 3.05) is 0 Å². The van der Waals surface area contributed by atoms with Crippen LogP contribution in [0.4, 0.5) is 17.6 Å². The van der Waals surface area contributed by atoms with Crippen LogP contribution in [0.5, 0.6) is 11.6 Å². The molecule has 0 aliphatic carbocycles. The maximum absolute atomic E-state index is 12.3. The van der Waals surface area contributed by atoms with Crippen molar-refractivity contribution in [2.24, 2.45) is 0 Å². The van der Waals surface area contributed by atoms with Gasteiger partial charge in [-0.05, 0) is 6.07 Å². The molecule has 0 spiro atoms.